The molecule has 0 saturated carbocycles. The van der Waals surface area contributed by atoms with E-state index in [9.17, 15) is 4.79 Å². The Morgan fingerprint density at radius 3 is 2.58 bits per heavy atom. The second-order valence-corrected chi connectivity index (χ2v) is 3.78. The maximum absolute atomic E-state index is 11.1. The number of rotatable bonds is 4. The largest absolute Gasteiger partial charge is 0.462 e. The molecule has 0 spiro atoms. The summed E-state index contributed by atoms with van der Waals surface area (Å²) in [4.78, 5) is 11.1. The first-order chi connectivity index (χ1) is 5.61. The Bertz CT molecular complexity index is 175. The van der Waals surface area contributed by atoms with E-state index >= 15 is 0 Å². The van der Waals surface area contributed by atoms with Crippen LogP contribution in [0.1, 0.15) is 27.2 Å². The topological polar surface area (TPSA) is 26.3 Å². The summed E-state index contributed by atoms with van der Waals surface area (Å²) in [5.74, 6) is 0.236. The Balaban J connectivity index is 4.07. The lowest BCUT2D eigenvalue weighted by molar-refractivity contribution is -0.137. The summed E-state index contributed by atoms with van der Waals surface area (Å²) in [6, 6.07) is 0. The van der Waals surface area contributed by atoms with E-state index in [0.717, 1.165) is 6.42 Å². The minimum absolute atomic E-state index is 0.210. The van der Waals surface area contributed by atoms with Crippen molar-refractivity contribution >= 4 is 28.6 Å². The molecule has 0 aliphatic carbocycles. The van der Waals surface area contributed by atoms with Crippen LogP contribution in [0.25, 0.3) is 0 Å². The second-order valence-electron chi connectivity index (χ2n) is 2.62. The summed E-state index contributed by atoms with van der Waals surface area (Å²) in [7, 11) is 0. The number of halogens is 1. The minimum atomic E-state index is -0.210. The smallest absolute Gasteiger partial charge is 0.344 e. The first kappa shape index (κ1) is 11.9. The Hall–Kier alpha value is -0.0600. The van der Waals surface area contributed by atoms with E-state index in [4.69, 9.17) is 4.74 Å². The molecule has 0 N–H and O–H groups in total. The highest BCUT2D eigenvalue weighted by atomic mass is 127. The minimum Gasteiger partial charge on any atom is -0.462 e. The van der Waals surface area contributed by atoms with Crippen LogP contribution >= 0.6 is 22.6 Å². The molecule has 1 unspecified atom stereocenters. The molecule has 0 fully saturated rings. The third-order valence-corrected chi connectivity index (χ3v) is 2.35. The lowest BCUT2D eigenvalue weighted by Gasteiger charge is -2.03. The van der Waals surface area contributed by atoms with Gasteiger partial charge in [-0.1, -0.05) is 26.3 Å². The molecule has 0 rings (SSSR count). The zero-order valence-corrected chi connectivity index (χ0v) is 9.92. The predicted octanol–water partition coefficient (Wildman–Crippen LogP) is 2.91. The molecule has 0 saturated heterocycles. The van der Waals surface area contributed by atoms with E-state index in [-0.39, 0.29) is 5.97 Å². The summed E-state index contributed by atoms with van der Waals surface area (Å²) in [5.41, 5.74) is 0. The fraction of sp³-hybridized carbons (Fsp3) is 0.667. The Morgan fingerprint density at radius 1 is 1.58 bits per heavy atom. The van der Waals surface area contributed by atoms with Crippen LogP contribution < -0.4 is 0 Å². The molecule has 0 amide bonds. The summed E-state index contributed by atoms with van der Waals surface area (Å²) >= 11 is 2.02. The van der Waals surface area contributed by atoms with Gasteiger partial charge < -0.3 is 4.74 Å². The average molecular weight is 282 g/mol. The van der Waals surface area contributed by atoms with Gasteiger partial charge in [0.05, 0.1) is 10.2 Å². The quantitative estimate of drug-likeness (QED) is 0.450. The van der Waals surface area contributed by atoms with Crippen LogP contribution in [0.3, 0.4) is 0 Å². The molecule has 0 aliphatic rings. The molecule has 0 aromatic carbocycles. The molecular weight excluding hydrogens is 267 g/mol. The van der Waals surface area contributed by atoms with Crippen molar-refractivity contribution in [2.24, 2.45) is 5.92 Å². The summed E-state index contributed by atoms with van der Waals surface area (Å²) < 4.78 is 5.52. The number of allylic oxidation sites excluding steroid dienone is 1. The monoisotopic (exact) mass is 282 g/mol. The molecule has 70 valence electrons. The van der Waals surface area contributed by atoms with Crippen LogP contribution in [0.5, 0.6) is 0 Å². The average Bonchev–Trinajstić information content (AvgIpc) is 2.04. The van der Waals surface area contributed by atoms with Gasteiger partial charge in [-0.15, -0.1) is 0 Å². The number of ether oxygens (including phenoxy) is 1. The molecule has 0 radical (unpaired) electrons. The normalized spacial score (nSPS) is 14.2. The van der Waals surface area contributed by atoms with Gasteiger partial charge in [-0.2, -0.15) is 0 Å². The first-order valence-corrected chi connectivity index (χ1v) is 5.24. The van der Waals surface area contributed by atoms with E-state index in [1.54, 1.807) is 0 Å². The van der Waals surface area contributed by atoms with Crippen LogP contribution in [0.2, 0.25) is 0 Å². The highest BCUT2D eigenvalue weighted by Crippen LogP contribution is 2.14. The van der Waals surface area contributed by atoms with Gasteiger partial charge in [0.25, 0.3) is 0 Å². The molecule has 0 aliphatic heterocycles. The van der Waals surface area contributed by atoms with Gasteiger partial charge in [-0.25, -0.2) is 4.79 Å². The van der Waals surface area contributed by atoms with Crippen LogP contribution in [-0.4, -0.2) is 12.6 Å². The number of carbonyl (C=O) groups is 1. The Labute approximate surface area is 87.5 Å². The van der Waals surface area contributed by atoms with Crippen molar-refractivity contribution in [1.82, 2.24) is 0 Å². The first-order valence-electron chi connectivity index (χ1n) is 4.16. The van der Waals surface area contributed by atoms with Crippen molar-refractivity contribution in [2.45, 2.75) is 27.2 Å². The SMILES string of the molecule is CCOC(=O)/C(I)=C\C(C)CC. The fourth-order valence-electron chi connectivity index (χ4n) is 0.636. The van der Waals surface area contributed by atoms with Crippen LogP contribution in [0.15, 0.2) is 9.66 Å². The van der Waals surface area contributed by atoms with Crippen molar-refractivity contribution < 1.29 is 9.53 Å². The van der Waals surface area contributed by atoms with Crippen molar-refractivity contribution in [3.8, 4) is 0 Å². The lowest BCUT2D eigenvalue weighted by Crippen LogP contribution is -2.04. The third-order valence-electron chi connectivity index (χ3n) is 1.55. The van der Waals surface area contributed by atoms with E-state index < -0.39 is 0 Å². The standard InChI is InChI=1S/C9H15IO2/c1-4-7(3)6-8(10)9(11)12-5-2/h6-7H,4-5H2,1-3H3/b8-6+. The van der Waals surface area contributed by atoms with Crippen LogP contribution in [0.4, 0.5) is 0 Å². The molecule has 0 aromatic rings. The maximum atomic E-state index is 11.1. The van der Waals surface area contributed by atoms with Gasteiger partial charge in [0.1, 0.15) is 0 Å². The maximum Gasteiger partial charge on any atom is 0.344 e. The van der Waals surface area contributed by atoms with Gasteiger partial charge in [-0.05, 0) is 35.4 Å². The molecular formula is C9H15IO2. The zero-order chi connectivity index (χ0) is 9.56. The van der Waals surface area contributed by atoms with E-state index in [0.29, 0.717) is 16.1 Å². The van der Waals surface area contributed by atoms with Crippen molar-refractivity contribution in [3.05, 3.63) is 9.66 Å². The van der Waals surface area contributed by atoms with E-state index in [1.807, 2.05) is 35.6 Å². The van der Waals surface area contributed by atoms with Gasteiger partial charge in [-0.3, -0.25) is 0 Å². The molecule has 0 heterocycles. The van der Waals surface area contributed by atoms with Crippen LogP contribution in [-0.2, 0) is 9.53 Å². The van der Waals surface area contributed by atoms with Crippen LogP contribution in [0, 0.1) is 5.92 Å². The Kier molecular flexibility index (Phi) is 6.42. The highest BCUT2D eigenvalue weighted by Gasteiger charge is 2.07. The summed E-state index contributed by atoms with van der Waals surface area (Å²) in [6.45, 7) is 6.43. The fourth-order valence-corrected chi connectivity index (χ4v) is 1.41. The Morgan fingerprint density at radius 2 is 2.17 bits per heavy atom. The summed E-state index contributed by atoms with van der Waals surface area (Å²) in [5, 5.41) is 0. The van der Waals surface area contributed by atoms with Crippen molar-refractivity contribution in [2.75, 3.05) is 6.61 Å². The van der Waals surface area contributed by atoms with Crippen molar-refractivity contribution in [1.29, 1.82) is 0 Å². The summed E-state index contributed by atoms with van der Waals surface area (Å²) in [6.07, 6.45) is 2.99. The molecule has 12 heavy (non-hydrogen) atoms. The number of carbonyl (C=O) groups excluding carboxylic acids is 1. The highest BCUT2D eigenvalue weighted by molar-refractivity contribution is 14.1. The molecule has 0 aromatic heterocycles. The van der Waals surface area contributed by atoms with Gasteiger partial charge in [0.2, 0.25) is 0 Å². The third kappa shape index (κ3) is 4.74. The molecule has 3 heteroatoms. The number of hydrogen-bond acceptors (Lipinski definition) is 2. The van der Waals surface area contributed by atoms with E-state index in [1.165, 1.54) is 0 Å². The number of esters is 1. The molecule has 0 bridgehead atoms. The van der Waals surface area contributed by atoms with Gasteiger partial charge >= 0.3 is 5.97 Å². The molecule has 2 nitrogen and oxygen atoms in total. The van der Waals surface area contributed by atoms with E-state index in [2.05, 4.69) is 13.8 Å². The van der Waals surface area contributed by atoms with Gasteiger partial charge in [0, 0.05) is 0 Å². The lowest BCUT2D eigenvalue weighted by atomic mass is 10.1. The van der Waals surface area contributed by atoms with Crippen molar-refractivity contribution in [3.63, 3.8) is 0 Å². The zero-order valence-electron chi connectivity index (χ0n) is 7.76. The number of hydrogen-bond donors (Lipinski definition) is 0. The van der Waals surface area contributed by atoms with Gasteiger partial charge in [0.15, 0.2) is 0 Å². The predicted molar refractivity (Wildman–Crippen MR) is 58.2 cm³/mol. The second kappa shape index (κ2) is 6.46. The molecule has 1 atom stereocenters.